The molecule has 5 nitrogen and oxygen atoms in total. The molecular weight excluding hydrogens is 367 g/mol. The van der Waals surface area contributed by atoms with Gasteiger partial charge < -0.3 is 14.6 Å². The molecule has 3 rings (SSSR count). The predicted octanol–water partition coefficient (Wildman–Crippen LogP) is 4.23. The fourth-order valence-electron chi connectivity index (χ4n) is 2.92. The highest BCUT2D eigenvalue weighted by atomic mass is 32.2. The molecule has 0 spiro atoms. The van der Waals surface area contributed by atoms with Crippen molar-refractivity contribution in [2.45, 2.75) is 44.0 Å². The Morgan fingerprint density at radius 3 is 2.56 bits per heavy atom. The number of anilines is 1. The van der Waals surface area contributed by atoms with Crippen LogP contribution in [0.4, 0.5) is 10.1 Å². The monoisotopic (exact) mass is 390 g/mol. The molecule has 0 aliphatic heterocycles. The fourth-order valence-corrected chi connectivity index (χ4v) is 3.66. The number of halogens is 1. The normalized spacial score (nSPS) is 15.8. The first-order valence-electron chi connectivity index (χ1n) is 8.98. The van der Waals surface area contributed by atoms with Gasteiger partial charge in [-0.05, 0) is 63.1 Å². The Morgan fingerprint density at radius 1 is 1.26 bits per heavy atom. The number of benzene rings is 1. The van der Waals surface area contributed by atoms with Gasteiger partial charge in [-0.3, -0.25) is 9.59 Å². The molecule has 1 aliphatic carbocycles. The van der Waals surface area contributed by atoms with E-state index in [1.165, 1.54) is 36.0 Å². The summed E-state index contributed by atoms with van der Waals surface area (Å²) in [6, 6.07) is 9.40. The van der Waals surface area contributed by atoms with Gasteiger partial charge in [0.25, 0.3) is 0 Å². The summed E-state index contributed by atoms with van der Waals surface area (Å²) in [6.45, 7) is 3.79. The smallest absolute Gasteiger partial charge is 0.236 e. The average molecular weight is 390 g/mol. The van der Waals surface area contributed by atoms with Crippen molar-refractivity contribution in [3.8, 4) is 0 Å². The largest absolute Gasteiger partial charge is 0.467 e. The van der Waals surface area contributed by atoms with Gasteiger partial charge >= 0.3 is 0 Å². The van der Waals surface area contributed by atoms with Crippen LogP contribution in [0.15, 0.2) is 47.1 Å². The third-order valence-corrected chi connectivity index (χ3v) is 5.64. The van der Waals surface area contributed by atoms with Gasteiger partial charge in [-0.15, -0.1) is 11.8 Å². The quantitative estimate of drug-likeness (QED) is 0.733. The highest BCUT2D eigenvalue weighted by Crippen LogP contribution is 2.36. The Morgan fingerprint density at radius 2 is 1.96 bits per heavy atom. The molecule has 1 fully saturated rings. The fraction of sp³-hybridized carbons (Fsp3) is 0.400. The Bertz CT molecular complexity index is 775. The number of hydrogen-bond acceptors (Lipinski definition) is 4. The van der Waals surface area contributed by atoms with Gasteiger partial charge in [-0.2, -0.15) is 0 Å². The van der Waals surface area contributed by atoms with Gasteiger partial charge in [0.1, 0.15) is 11.6 Å². The van der Waals surface area contributed by atoms with Crippen molar-refractivity contribution >= 4 is 29.3 Å². The summed E-state index contributed by atoms with van der Waals surface area (Å²) in [6.07, 6.45) is 3.61. The zero-order chi connectivity index (χ0) is 19.4. The lowest BCUT2D eigenvalue weighted by Crippen LogP contribution is -2.40. The molecule has 7 heteroatoms. The van der Waals surface area contributed by atoms with Crippen molar-refractivity contribution in [3.63, 3.8) is 0 Å². The Labute approximate surface area is 162 Å². The molecule has 2 aromatic rings. The van der Waals surface area contributed by atoms with E-state index >= 15 is 0 Å². The van der Waals surface area contributed by atoms with Gasteiger partial charge in [0.15, 0.2) is 0 Å². The maximum Gasteiger partial charge on any atom is 0.236 e. The highest BCUT2D eigenvalue weighted by molar-refractivity contribution is 8.01. The molecule has 144 valence electrons. The summed E-state index contributed by atoms with van der Waals surface area (Å²) in [5, 5.41) is 2.36. The lowest BCUT2D eigenvalue weighted by Gasteiger charge is -2.30. The van der Waals surface area contributed by atoms with Crippen LogP contribution in [0.2, 0.25) is 0 Å². The van der Waals surface area contributed by atoms with Crippen molar-refractivity contribution < 1.29 is 18.4 Å². The van der Waals surface area contributed by atoms with Crippen LogP contribution >= 0.6 is 11.8 Å². The van der Waals surface area contributed by atoms with E-state index in [0.717, 1.165) is 18.6 Å². The molecule has 1 saturated carbocycles. The van der Waals surface area contributed by atoms with E-state index in [-0.39, 0.29) is 40.7 Å². The second kappa shape index (κ2) is 8.61. The van der Waals surface area contributed by atoms with Crippen molar-refractivity contribution in [2.75, 3.05) is 11.1 Å². The van der Waals surface area contributed by atoms with E-state index in [4.69, 9.17) is 4.42 Å². The highest BCUT2D eigenvalue weighted by Gasteiger charge is 2.39. The van der Waals surface area contributed by atoms with Crippen LogP contribution < -0.4 is 5.32 Å². The van der Waals surface area contributed by atoms with Crippen LogP contribution in [-0.4, -0.2) is 33.8 Å². The first kappa shape index (κ1) is 19.5. The van der Waals surface area contributed by atoms with Gasteiger partial charge in [-0.1, -0.05) is 0 Å². The summed E-state index contributed by atoms with van der Waals surface area (Å²) >= 11 is 1.30. The van der Waals surface area contributed by atoms with Crippen LogP contribution in [0.5, 0.6) is 0 Å². The number of carbonyl (C=O) groups is 2. The minimum absolute atomic E-state index is 0.0148. The first-order chi connectivity index (χ1) is 13.0. The molecule has 27 heavy (non-hydrogen) atoms. The summed E-state index contributed by atoms with van der Waals surface area (Å²) in [5.74, 6) is 0.357. The summed E-state index contributed by atoms with van der Waals surface area (Å²) in [7, 11) is 0. The number of carbonyl (C=O) groups excluding carboxylic acids is 2. The second-order valence-corrected chi connectivity index (χ2v) is 8.01. The van der Waals surface area contributed by atoms with E-state index < -0.39 is 0 Å². The van der Waals surface area contributed by atoms with Crippen LogP contribution in [0, 0.1) is 5.82 Å². The summed E-state index contributed by atoms with van der Waals surface area (Å²) in [4.78, 5) is 26.9. The van der Waals surface area contributed by atoms with Crippen molar-refractivity contribution in [1.29, 1.82) is 0 Å². The van der Waals surface area contributed by atoms with E-state index in [9.17, 15) is 14.0 Å². The number of nitrogens with one attached hydrogen (secondary N) is 1. The molecule has 1 heterocycles. The number of rotatable bonds is 8. The van der Waals surface area contributed by atoms with Gasteiger partial charge in [-0.25, -0.2) is 4.39 Å². The van der Waals surface area contributed by atoms with E-state index in [2.05, 4.69) is 5.32 Å². The number of hydrogen-bond donors (Lipinski definition) is 1. The van der Waals surface area contributed by atoms with E-state index in [1.807, 2.05) is 30.9 Å². The molecule has 0 saturated heterocycles. The lowest BCUT2D eigenvalue weighted by atomic mass is 10.2. The topological polar surface area (TPSA) is 62.6 Å². The van der Waals surface area contributed by atoms with Crippen LogP contribution in [0.3, 0.4) is 0 Å². The Hall–Kier alpha value is -2.28. The summed E-state index contributed by atoms with van der Waals surface area (Å²) < 4.78 is 18.4. The third-order valence-electron chi connectivity index (χ3n) is 4.51. The molecule has 2 atom stereocenters. The molecule has 1 aromatic heterocycles. The number of amides is 2. The molecule has 2 unspecified atom stereocenters. The minimum atomic E-state index is -0.354. The van der Waals surface area contributed by atoms with Crippen LogP contribution in [-0.2, 0) is 9.59 Å². The van der Waals surface area contributed by atoms with Crippen LogP contribution in [0.1, 0.15) is 38.5 Å². The average Bonchev–Trinajstić information content (AvgIpc) is 3.32. The van der Waals surface area contributed by atoms with Gasteiger partial charge in [0, 0.05) is 11.7 Å². The summed E-state index contributed by atoms with van der Waals surface area (Å²) in [5.41, 5.74) is 0.534. The van der Waals surface area contributed by atoms with E-state index in [1.54, 1.807) is 6.26 Å². The number of thioether (sulfide) groups is 1. The standard InChI is InChI=1S/C20H23FN2O3S/c1-13(18-4-3-11-26-18)23(17-9-10-17)20(25)14(2)27-12-19(24)22-16-7-5-15(21)6-8-16/h3-8,11,13-14,17H,9-10,12H2,1-2H3,(H,22,24). The maximum absolute atomic E-state index is 13.0. The van der Waals surface area contributed by atoms with Crippen molar-refractivity contribution in [1.82, 2.24) is 4.90 Å². The predicted molar refractivity (Wildman–Crippen MR) is 104 cm³/mol. The maximum atomic E-state index is 13.0. The van der Waals surface area contributed by atoms with Crippen molar-refractivity contribution in [3.05, 3.63) is 54.2 Å². The third kappa shape index (κ3) is 5.13. The Kier molecular flexibility index (Phi) is 6.21. The number of furan rings is 1. The zero-order valence-corrected chi connectivity index (χ0v) is 16.2. The van der Waals surface area contributed by atoms with Gasteiger partial charge in [0.05, 0.1) is 23.3 Å². The van der Waals surface area contributed by atoms with Crippen molar-refractivity contribution in [2.24, 2.45) is 0 Å². The lowest BCUT2D eigenvalue weighted by molar-refractivity contribution is -0.133. The molecule has 1 aromatic carbocycles. The first-order valence-corrected chi connectivity index (χ1v) is 10.0. The zero-order valence-electron chi connectivity index (χ0n) is 15.4. The molecule has 1 N–H and O–H groups in total. The molecule has 1 aliphatic rings. The SMILES string of the molecule is CC(SCC(=O)Nc1ccc(F)cc1)C(=O)N(C1CC1)C(C)c1ccco1. The molecule has 0 radical (unpaired) electrons. The Balaban J connectivity index is 1.54. The van der Waals surface area contributed by atoms with E-state index in [0.29, 0.717) is 5.69 Å². The second-order valence-electron chi connectivity index (χ2n) is 6.68. The molecule has 0 bridgehead atoms. The number of nitrogens with zero attached hydrogens (tertiary/aromatic N) is 1. The van der Waals surface area contributed by atoms with Gasteiger partial charge in [0.2, 0.25) is 11.8 Å². The molecular formula is C20H23FN2O3S. The van der Waals surface area contributed by atoms with Crippen LogP contribution in [0.25, 0.3) is 0 Å². The minimum Gasteiger partial charge on any atom is -0.467 e. The molecule has 2 amide bonds.